The highest BCUT2D eigenvalue weighted by Crippen LogP contribution is 2.07. The zero-order chi connectivity index (χ0) is 9.03. The van der Waals surface area contributed by atoms with Crippen LogP contribution in [0.5, 0.6) is 0 Å². The molecule has 1 fully saturated rings. The van der Waals surface area contributed by atoms with Crippen molar-refractivity contribution in [1.29, 1.82) is 0 Å². The Labute approximate surface area is 75.0 Å². The minimum absolute atomic E-state index is 0.153. The molecule has 1 aliphatic heterocycles. The van der Waals surface area contributed by atoms with Crippen LogP contribution in [0.25, 0.3) is 0 Å². The Morgan fingerprint density at radius 3 is 2.33 bits per heavy atom. The van der Waals surface area contributed by atoms with Crippen molar-refractivity contribution in [3.05, 3.63) is 0 Å². The van der Waals surface area contributed by atoms with Crippen LogP contribution in [0.3, 0.4) is 0 Å². The van der Waals surface area contributed by atoms with E-state index in [0.717, 1.165) is 13.1 Å². The second-order valence-electron chi connectivity index (χ2n) is 4.34. The van der Waals surface area contributed by atoms with Gasteiger partial charge in [0.1, 0.15) is 6.73 Å². The predicted molar refractivity (Wildman–Crippen MR) is 49.6 cm³/mol. The van der Waals surface area contributed by atoms with Gasteiger partial charge in [0.2, 0.25) is 0 Å². The summed E-state index contributed by atoms with van der Waals surface area (Å²) in [4.78, 5) is 5.50. The summed E-state index contributed by atoms with van der Waals surface area (Å²) in [6, 6.07) is 0. The lowest BCUT2D eigenvalue weighted by atomic mass is 10.1. The molecule has 1 saturated heterocycles. The van der Waals surface area contributed by atoms with Crippen molar-refractivity contribution in [2.45, 2.75) is 39.2 Å². The fraction of sp³-hybridized carbons (Fsp3) is 1.00. The van der Waals surface area contributed by atoms with Crippen LogP contribution >= 0.6 is 0 Å². The summed E-state index contributed by atoms with van der Waals surface area (Å²) in [5, 5.41) is 5.33. The SMILES string of the molecule is CC(C)(C)NCON1CCCC1. The van der Waals surface area contributed by atoms with Crippen molar-refractivity contribution in [3.63, 3.8) is 0 Å². The van der Waals surface area contributed by atoms with E-state index in [2.05, 4.69) is 26.1 Å². The molecule has 0 amide bonds. The van der Waals surface area contributed by atoms with E-state index in [1.807, 2.05) is 5.06 Å². The zero-order valence-corrected chi connectivity index (χ0v) is 8.39. The van der Waals surface area contributed by atoms with E-state index in [1.165, 1.54) is 12.8 Å². The summed E-state index contributed by atoms with van der Waals surface area (Å²) in [5.74, 6) is 0. The molecule has 0 aromatic heterocycles. The highest BCUT2D eigenvalue weighted by Gasteiger charge is 2.13. The van der Waals surface area contributed by atoms with E-state index in [4.69, 9.17) is 4.84 Å². The van der Waals surface area contributed by atoms with Gasteiger partial charge in [-0.25, -0.2) is 0 Å². The van der Waals surface area contributed by atoms with Gasteiger partial charge in [0.25, 0.3) is 0 Å². The Balaban J connectivity index is 2.02. The average Bonchev–Trinajstić information content (AvgIpc) is 2.36. The molecule has 1 heterocycles. The van der Waals surface area contributed by atoms with Crippen molar-refractivity contribution in [2.75, 3.05) is 19.8 Å². The number of nitrogens with one attached hydrogen (secondary N) is 1. The summed E-state index contributed by atoms with van der Waals surface area (Å²) in [6.07, 6.45) is 2.55. The van der Waals surface area contributed by atoms with Gasteiger partial charge in [0.15, 0.2) is 0 Å². The molecule has 3 heteroatoms. The highest BCUT2D eigenvalue weighted by molar-refractivity contribution is 4.67. The molecule has 1 N–H and O–H groups in total. The van der Waals surface area contributed by atoms with E-state index in [0.29, 0.717) is 6.73 Å². The van der Waals surface area contributed by atoms with E-state index < -0.39 is 0 Å². The van der Waals surface area contributed by atoms with Gasteiger partial charge in [0, 0.05) is 18.6 Å². The summed E-state index contributed by atoms with van der Waals surface area (Å²) >= 11 is 0. The summed E-state index contributed by atoms with van der Waals surface area (Å²) in [5.41, 5.74) is 0.153. The van der Waals surface area contributed by atoms with E-state index in [-0.39, 0.29) is 5.54 Å². The van der Waals surface area contributed by atoms with Gasteiger partial charge in [-0.1, -0.05) is 0 Å². The molecule has 0 aromatic carbocycles. The van der Waals surface area contributed by atoms with Crippen LogP contribution in [0.2, 0.25) is 0 Å². The predicted octanol–water partition coefficient (Wildman–Crippen LogP) is 1.36. The molecule has 0 bridgehead atoms. The first kappa shape index (κ1) is 9.96. The maximum Gasteiger partial charge on any atom is 0.119 e. The Morgan fingerprint density at radius 2 is 1.83 bits per heavy atom. The molecule has 0 radical (unpaired) electrons. The fourth-order valence-electron chi connectivity index (χ4n) is 1.16. The highest BCUT2D eigenvalue weighted by atomic mass is 16.7. The largest absolute Gasteiger partial charge is 0.288 e. The van der Waals surface area contributed by atoms with Gasteiger partial charge >= 0.3 is 0 Å². The Kier molecular flexibility index (Phi) is 3.50. The lowest BCUT2D eigenvalue weighted by molar-refractivity contribution is -0.153. The molecule has 72 valence electrons. The van der Waals surface area contributed by atoms with Gasteiger partial charge in [-0.15, -0.1) is 0 Å². The monoisotopic (exact) mass is 172 g/mol. The number of hydroxylamine groups is 2. The molecule has 12 heavy (non-hydrogen) atoms. The zero-order valence-electron chi connectivity index (χ0n) is 8.39. The number of nitrogens with zero attached hydrogens (tertiary/aromatic N) is 1. The lowest BCUT2D eigenvalue weighted by Crippen LogP contribution is -2.39. The molecule has 1 aliphatic rings. The first-order valence-corrected chi connectivity index (χ1v) is 4.71. The van der Waals surface area contributed by atoms with Gasteiger partial charge in [-0.05, 0) is 33.6 Å². The third kappa shape index (κ3) is 4.04. The molecule has 3 nitrogen and oxygen atoms in total. The molecule has 0 aromatic rings. The smallest absolute Gasteiger partial charge is 0.119 e. The van der Waals surface area contributed by atoms with Crippen molar-refractivity contribution in [2.24, 2.45) is 0 Å². The second-order valence-corrected chi connectivity index (χ2v) is 4.34. The van der Waals surface area contributed by atoms with Crippen molar-refractivity contribution in [3.8, 4) is 0 Å². The van der Waals surface area contributed by atoms with Gasteiger partial charge in [-0.3, -0.25) is 10.2 Å². The Hall–Kier alpha value is -0.120. The minimum Gasteiger partial charge on any atom is -0.288 e. The van der Waals surface area contributed by atoms with E-state index in [9.17, 15) is 0 Å². The third-order valence-corrected chi connectivity index (χ3v) is 1.91. The fourth-order valence-corrected chi connectivity index (χ4v) is 1.16. The third-order valence-electron chi connectivity index (χ3n) is 1.91. The minimum atomic E-state index is 0.153. The number of rotatable bonds is 3. The quantitative estimate of drug-likeness (QED) is 0.650. The Bertz CT molecular complexity index is 125. The average molecular weight is 172 g/mol. The summed E-state index contributed by atoms with van der Waals surface area (Å²) < 4.78 is 0. The van der Waals surface area contributed by atoms with E-state index >= 15 is 0 Å². The molecule has 1 rings (SSSR count). The van der Waals surface area contributed by atoms with Crippen LogP contribution < -0.4 is 5.32 Å². The number of hydrogen-bond donors (Lipinski definition) is 1. The van der Waals surface area contributed by atoms with Gasteiger partial charge in [-0.2, -0.15) is 5.06 Å². The van der Waals surface area contributed by atoms with Crippen LogP contribution in [0, 0.1) is 0 Å². The lowest BCUT2D eigenvalue weighted by Gasteiger charge is -2.22. The molecule has 0 spiro atoms. The van der Waals surface area contributed by atoms with Crippen LogP contribution in [-0.2, 0) is 4.84 Å². The van der Waals surface area contributed by atoms with Crippen molar-refractivity contribution < 1.29 is 4.84 Å². The van der Waals surface area contributed by atoms with Crippen molar-refractivity contribution in [1.82, 2.24) is 10.4 Å². The molecule has 0 aliphatic carbocycles. The summed E-state index contributed by atoms with van der Waals surface area (Å²) in [6.45, 7) is 9.22. The van der Waals surface area contributed by atoms with Crippen LogP contribution in [0.15, 0.2) is 0 Å². The molecular formula is C9H20N2O. The maximum absolute atomic E-state index is 5.50. The maximum atomic E-state index is 5.50. The van der Waals surface area contributed by atoms with Gasteiger partial charge < -0.3 is 0 Å². The number of hydrogen-bond acceptors (Lipinski definition) is 3. The summed E-state index contributed by atoms with van der Waals surface area (Å²) in [7, 11) is 0. The van der Waals surface area contributed by atoms with Crippen molar-refractivity contribution >= 4 is 0 Å². The Morgan fingerprint density at radius 1 is 1.25 bits per heavy atom. The molecule has 0 saturated carbocycles. The van der Waals surface area contributed by atoms with Crippen LogP contribution in [0.1, 0.15) is 33.6 Å². The topological polar surface area (TPSA) is 24.5 Å². The van der Waals surface area contributed by atoms with Crippen LogP contribution in [0.4, 0.5) is 0 Å². The van der Waals surface area contributed by atoms with Crippen LogP contribution in [-0.4, -0.2) is 30.4 Å². The van der Waals surface area contributed by atoms with E-state index in [1.54, 1.807) is 0 Å². The first-order valence-electron chi connectivity index (χ1n) is 4.71. The molecular weight excluding hydrogens is 152 g/mol. The first-order chi connectivity index (χ1) is 5.58. The van der Waals surface area contributed by atoms with Gasteiger partial charge in [0.05, 0.1) is 0 Å². The second kappa shape index (κ2) is 4.21. The molecule has 0 atom stereocenters. The standard InChI is InChI=1S/C9H20N2O/c1-9(2,3)10-8-12-11-6-4-5-7-11/h10H,4-8H2,1-3H3. The normalized spacial score (nSPS) is 20.2. The molecule has 0 unspecified atom stereocenters.